The number of nitrogens with zero attached hydrogens (tertiary/aromatic N) is 3. The number of para-hydroxylation sites is 2. The molecule has 2 heterocycles. The van der Waals surface area contributed by atoms with E-state index in [0.717, 1.165) is 5.56 Å². The molecule has 34 heavy (non-hydrogen) atoms. The molecule has 0 radical (unpaired) electrons. The second-order valence-corrected chi connectivity index (χ2v) is 8.29. The molecule has 0 saturated heterocycles. The van der Waals surface area contributed by atoms with Gasteiger partial charge < -0.3 is 10.1 Å². The average Bonchev–Trinajstić information content (AvgIpc) is 3.09. The maximum atomic E-state index is 12.6. The van der Waals surface area contributed by atoms with Crippen LogP contribution in [0.2, 0.25) is 10.2 Å². The SMILES string of the molecule is Cc1nn(Cc2ccccc2Cl)c(Cl)c1C=CC(=O)OCC(=O)N1CC(=O)Nc2ccccc21. The third kappa shape index (κ3) is 5.13. The summed E-state index contributed by atoms with van der Waals surface area (Å²) >= 11 is 12.7. The molecule has 0 spiro atoms. The van der Waals surface area contributed by atoms with E-state index in [4.69, 9.17) is 27.9 Å². The number of halogens is 2. The number of fused-ring (bicyclic) bond motifs is 1. The highest BCUT2D eigenvalue weighted by Crippen LogP contribution is 2.29. The van der Waals surface area contributed by atoms with E-state index in [-0.39, 0.29) is 12.5 Å². The van der Waals surface area contributed by atoms with Crippen molar-refractivity contribution in [3.8, 4) is 0 Å². The molecule has 1 N–H and O–H groups in total. The number of carbonyl (C=O) groups is 3. The summed E-state index contributed by atoms with van der Waals surface area (Å²) < 4.78 is 6.68. The summed E-state index contributed by atoms with van der Waals surface area (Å²) in [5.74, 6) is -1.56. The number of anilines is 2. The molecule has 0 bridgehead atoms. The number of hydrogen-bond acceptors (Lipinski definition) is 5. The van der Waals surface area contributed by atoms with Gasteiger partial charge in [-0.05, 0) is 36.8 Å². The van der Waals surface area contributed by atoms with E-state index in [1.807, 2.05) is 18.2 Å². The first kappa shape index (κ1) is 23.5. The van der Waals surface area contributed by atoms with Gasteiger partial charge in [0.15, 0.2) is 6.61 Å². The molecular weight excluding hydrogens is 479 g/mol. The van der Waals surface area contributed by atoms with Crippen LogP contribution in [0.1, 0.15) is 16.8 Å². The van der Waals surface area contributed by atoms with Crippen molar-refractivity contribution < 1.29 is 19.1 Å². The van der Waals surface area contributed by atoms with Gasteiger partial charge in [-0.1, -0.05) is 53.5 Å². The molecule has 2 amide bonds. The van der Waals surface area contributed by atoms with Gasteiger partial charge in [0, 0.05) is 16.7 Å². The van der Waals surface area contributed by atoms with Crippen molar-refractivity contribution in [2.24, 2.45) is 0 Å². The summed E-state index contributed by atoms with van der Waals surface area (Å²) in [4.78, 5) is 38.0. The highest BCUT2D eigenvalue weighted by atomic mass is 35.5. The summed E-state index contributed by atoms with van der Waals surface area (Å²) in [6.45, 7) is 1.48. The number of benzene rings is 2. The predicted octanol–water partition coefficient (Wildman–Crippen LogP) is 4.09. The van der Waals surface area contributed by atoms with Crippen LogP contribution in [-0.2, 0) is 25.7 Å². The summed E-state index contributed by atoms with van der Waals surface area (Å²) in [5, 5.41) is 8.06. The predicted molar refractivity (Wildman–Crippen MR) is 130 cm³/mol. The van der Waals surface area contributed by atoms with Crippen LogP contribution in [0.4, 0.5) is 11.4 Å². The molecule has 2 aromatic carbocycles. The third-order valence-electron chi connectivity index (χ3n) is 5.18. The van der Waals surface area contributed by atoms with E-state index in [1.165, 1.54) is 17.1 Å². The van der Waals surface area contributed by atoms with E-state index >= 15 is 0 Å². The Bertz CT molecular complexity index is 1300. The molecule has 0 unspecified atom stereocenters. The fourth-order valence-electron chi connectivity index (χ4n) is 3.52. The first-order chi connectivity index (χ1) is 16.3. The summed E-state index contributed by atoms with van der Waals surface area (Å²) in [7, 11) is 0. The van der Waals surface area contributed by atoms with Gasteiger partial charge in [-0.2, -0.15) is 5.10 Å². The minimum Gasteiger partial charge on any atom is -0.452 e. The minimum absolute atomic E-state index is 0.150. The van der Waals surface area contributed by atoms with Crippen molar-refractivity contribution in [2.45, 2.75) is 13.5 Å². The topological polar surface area (TPSA) is 93.5 Å². The smallest absolute Gasteiger partial charge is 0.331 e. The lowest BCUT2D eigenvalue weighted by Crippen LogP contribution is -2.43. The number of ether oxygens (including phenoxy) is 1. The molecule has 3 aromatic rings. The van der Waals surface area contributed by atoms with Gasteiger partial charge in [0.05, 0.1) is 23.6 Å². The summed E-state index contributed by atoms with van der Waals surface area (Å²) in [6.07, 6.45) is 2.67. The van der Waals surface area contributed by atoms with E-state index in [2.05, 4.69) is 10.4 Å². The Kier molecular flexibility index (Phi) is 7.00. The molecule has 0 fully saturated rings. The molecule has 0 saturated carbocycles. The van der Waals surface area contributed by atoms with Gasteiger partial charge >= 0.3 is 5.97 Å². The van der Waals surface area contributed by atoms with Gasteiger partial charge in [0.1, 0.15) is 11.7 Å². The number of rotatable bonds is 6. The molecule has 1 aromatic heterocycles. The highest BCUT2D eigenvalue weighted by molar-refractivity contribution is 6.32. The standard InChI is InChI=1S/C24H20Cl2N4O4/c1-15-17(24(26)30(28-15)12-16-6-2-3-7-18(16)25)10-11-23(33)34-14-22(32)29-13-21(31)27-19-8-4-5-9-20(19)29/h2-11H,12-14H2,1H3,(H,27,31). The fourth-order valence-corrected chi connectivity index (χ4v) is 4.01. The quantitative estimate of drug-likeness (QED) is 0.408. The van der Waals surface area contributed by atoms with E-state index in [0.29, 0.717) is 39.4 Å². The third-order valence-corrected chi connectivity index (χ3v) is 5.95. The number of aromatic nitrogens is 2. The Balaban J connectivity index is 1.39. The Hall–Kier alpha value is -3.62. The maximum Gasteiger partial charge on any atom is 0.331 e. The zero-order valence-electron chi connectivity index (χ0n) is 18.1. The number of nitrogens with one attached hydrogen (secondary N) is 1. The Morgan fingerprint density at radius 1 is 1.15 bits per heavy atom. The molecule has 4 rings (SSSR count). The summed E-state index contributed by atoms with van der Waals surface area (Å²) in [5.41, 5.74) is 3.10. The van der Waals surface area contributed by atoms with E-state index in [1.54, 1.807) is 41.9 Å². The van der Waals surface area contributed by atoms with Gasteiger partial charge in [-0.3, -0.25) is 14.5 Å². The molecule has 8 nitrogen and oxygen atoms in total. The number of amides is 2. The average molecular weight is 499 g/mol. The zero-order valence-corrected chi connectivity index (χ0v) is 19.6. The van der Waals surface area contributed by atoms with Gasteiger partial charge in [0.25, 0.3) is 5.91 Å². The van der Waals surface area contributed by atoms with E-state index in [9.17, 15) is 14.4 Å². The first-order valence-corrected chi connectivity index (χ1v) is 11.1. The second kappa shape index (κ2) is 10.1. The largest absolute Gasteiger partial charge is 0.452 e. The molecule has 0 aliphatic carbocycles. The maximum absolute atomic E-state index is 12.6. The highest BCUT2D eigenvalue weighted by Gasteiger charge is 2.27. The normalized spacial score (nSPS) is 13.0. The van der Waals surface area contributed by atoms with Crippen LogP contribution < -0.4 is 10.2 Å². The Morgan fingerprint density at radius 2 is 1.88 bits per heavy atom. The van der Waals surface area contributed by atoms with Crippen molar-refractivity contribution in [1.29, 1.82) is 0 Å². The molecule has 1 aliphatic rings. The van der Waals surface area contributed by atoms with E-state index < -0.39 is 18.5 Å². The lowest BCUT2D eigenvalue weighted by Gasteiger charge is -2.28. The van der Waals surface area contributed by atoms with Crippen LogP contribution in [0.3, 0.4) is 0 Å². The number of esters is 1. The van der Waals surface area contributed by atoms with Crippen LogP contribution in [0.15, 0.2) is 54.6 Å². The first-order valence-electron chi connectivity index (χ1n) is 10.3. The lowest BCUT2D eigenvalue weighted by molar-refractivity contribution is -0.143. The summed E-state index contributed by atoms with van der Waals surface area (Å²) in [6, 6.07) is 14.3. The second-order valence-electron chi connectivity index (χ2n) is 7.53. The van der Waals surface area contributed by atoms with Crippen LogP contribution in [-0.4, -0.2) is 40.7 Å². The van der Waals surface area contributed by atoms with Crippen LogP contribution in [0.5, 0.6) is 0 Å². The van der Waals surface area contributed by atoms with Crippen molar-refractivity contribution >= 4 is 58.4 Å². The molecule has 174 valence electrons. The van der Waals surface area contributed by atoms with Gasteiger partial charge in [0.2, 0.25) is 5.91 Å². The number of hydrogen-bond donors (Lipinski definition) is 1. The monoisotopic (exact) mass is 498 g/mol. The minimum atomic E-state index is -0.725. The molecule has 10 heteroatoms. The van der Waals surface area contributed by atoms with Crippen molar-refractivity contribution in [1.82, 2.24) is 9.78 Å². The van der Waals surface area contributed by atoms with Crippen LogP contribution >= 0.6 is 23.2 Å². The number of carbonyl (C=O) groups excluding carboxylic acids is 3. The van der Waals surface area contributed by atoms with Gasteiger partial charge in [-0.15, -0.1) is 0 Å². The molecular formula is C24H20Cl2N4O4. The Morgan fingerprint density at radius 3 is 2.68 bits per heavy atom. The number of aryl methyl sites for hydroxylation is 1. The molecule has 0 atom stereocenters. The van der Waals surface area contributed by atoms with Crippen molar-refractivity contribution in [2.75, 3.05) is 23.4 Å². The fraction of sp³-hybridized carbons (Fsp3) is 0.167. The zero-order chi connectivity index (χ0) is 24.2. The van der Waals surface area contributed by atoms with Crippen LogP contribution in [0, 0.1) is 6.92 Å². The molecule has 1 aliphatic heterocycles. The van der Waals surface area contributed by atoms with Crippen molar-refractivity contribution in [3.05, 3.63) is 81.6 Å². The lowest BCUT2D eigenvalue weighted by atomic mass is 10.2. The van der Waals surface area contributed by atoms with Gasteiger partial charge in [-0.25, -0.2) is 9.48 Å². The van der Waals surface area contributed by atoms with Crippen molar-refractivity contribution in [3.63, 3.8) is 0 Å². The Labute approximate surface area is 205 Å². The van der Waals surface area contributed by atoms with Crippen LogP contribution in [0.25, 0.3) is 6.08 Å².